The van der Waals surface area contributed by atoms with E-state index < -0.39 is 0 Å². The molecule has 0 aliphatic heterocycles. The van der Waals surface area contributed by atoms with Crippen molar-refractivity contribution in [3.05, 3.63) is 0 Å². The van der Waals surface area contributed by atoms with Gasteiger partial charge in [0.05, 0.1) is 0 Å². The van der Waals surface area contributed by atoms with Gasteiger partial charge in [0.15, 0.2) is -0.753 Å². The van der Waals surface area contributed by atoms with Gasteiger partial charge in [0.2, 0.25) is 0 Å². The number of rotatable bonds is 0. The molecule has 0 aromatic rings. The van der Waals surface area contributed by atoms with E-state index in [-0.39, 0.29) is -0.753 Å². The van der Waals surface area contributed by atoms with Gasteiger partial charge in [0.1, 0.15) is 0 Å². The van der Waals surface area contributed by atoms with Gasteiger partial charge in [-0.1, -0.05) is 0 Å². The zero-order chi connectivity index (χ0) is 4.50. The maximum atomic E-state index is 3.26. The number of hydrogen-bond acceptors (Lipinski definition) is 0. The Balaban J connectivity index is 3.02. The maximum absolute atomic E-state index is 3.26. The third-order valence-corrected chi connectivity index (χ3v) is 0. The molecule has 0 nitrogen and oxygen atoms in total. The molecule has 0 aliphatic carbocycles. The quantitative estimate of drug-likeness (QED) is 0.413. The van der Waals surface area contributed by atoms with E-state index >= 15 is 0 Å². The van der Waals surface area contributed by atoms with Gasteiger partial charge in [-0.3, -0.25) is 0 Å². The van der Waals surface area contributed by atoms with Gasteiger partial charge in [-0.2, -0.15) is 0 Å². The third-order valence-electron chi connectivity index (χ3n) is 0. The third kappa shape index (κ3) is 21.4. The first-order valence-electron chi connectivity index (χ1n) is 0.756. The fourth-order valence-corrected chi connectivity index (χ4v) is 0. The lowest BCUT2D eigenvalue weighted by Crippen LogP contribution is -1.74. The van der Waals surface area contributed by atoms with Crippen LogP contribution in [0.5, 0.6) is 0 Å². The minimum Gasteiger partial charge on any atom is -0.0492 e. The highest BCUT2D eigenvalue weighted by molar-refractivity contribution is 14.2. The minimum absolute atomic E-state index is 0.0650. The molecule has 0 saturated heterocycles. The highest BCUT2D eigenvalue weighted by Crippen LogP contribution is 2.40. The number of hydrogen-bond donors (Lipinski definition) is 0. The molecule has 5 heavy (non-hydrogen) atoms. The molecule has 0 aromatic carbocycles. The molecule has 0 spiro atoms. The normalized spacial score (nSPS) is 12.0. The Hall–Kier alpha value is 2.42. The SMILES string of the molecule is BrC(Br)(I)I. The lowest BCUT2D eigenvalue weighted by molar-refractivity contribution is 2.26. The topological polar surface area (TPSA) is 0 Å². The van der Waals surface area contributed by atoms with Gasteiger partial charge < -0.3 is 0 Å². The van der Waals surface area contributed by atoms with Gasteiger partial charge in [0.25, 0.3) is 0 Å². The first kappa shape index (κ1) is 7.42. The average Bonchev–Trinajstić information content (AvgIpc) is 0.722. The molecule has 0 aliphatic rings. The van der Waals surface area contributed by atoms with Crippen molar-refractivity contribution in [2.45, 2.75) is -0.753 Å². The van der Waals surface area contributed by atoms with Crippen LogP contribution >= 0.6 is 77.0 Å². The van der Waals surface area contributed by atoms with Crippen LogP contribution in [0.25, 0.3) is 0 Å². The summed E-state index contributed by atoms with van der Waals surface area (Å²) in [5.74, 6) is 0. The van der Waals surface area contributed by atoms with Crippen molar-refractivity contribution in [3.8, 4) is 0 Å². The molecule has 0 unspecified atom stereocenters. The van der Waals surface area contributed by atoms with Gasteiger partial charge in [-0.15, -0.1) is 0 Å². The van der Waals surface area contributed by atoms with Crippen LogP contribution in [0.1, 0.15) is 0 Å². The first-order chi connectivity index (χ1) is 2.00. The molecule has 0 atom stereocenters. The van der Waals surface area contributed by atoms with Crippen molar-refractivity contribution in [1.29, 1.82) is 0 Å². The Morgan fingerprint density at radius 2 is 1.20 bits per heavy atom. The fraction of sp³-hybridized carbons (Fsp3) is 1.00. The summed E-state index contributed by atoms with van der Waals surface area (Å²) in [7, 11) is 0. The van der Waals surface area contributed by atoms with Crippen LogP contribution in [0.15, 0.2) is 0 Å². The lowest BCUT2D eigenvalue weighted by Gasteiger charge is -1.93. The van der Waals surface area contributed by atoms with Crippen molar-refractivity contribution in [2.75, 3.05) is 0 Å². The van der Waals surface area contributed by atoms with Gasteiger partial charge >= 0.3 is 0 Å². The van der Waals surface area contributed by atoms with E-state index in [1.807, 2.05) is 0 Å². The summed E-state index contributed by atoms with van der Waals surface area (Å²) < 4.78 is 0.0650. The predicted octanol–water partition coefficient (Wildman–Crippen LogP) is 3.26. The molecule has 32 valence electrons. The van der Waals surface area contributed by atoms with Crippen molar-refractivity contribution in [3.63, 3.8) is 0 Å². The summed E-state index contributed by atoms with van der Waals surface area (Å²) in [6.07, 6.45) is 0. The first-order valence-corrected chi connectivity index (χ1v) is 4.50. The predicted molar refractivity (Wildman–Crippen MR) is 48.6 cm³/mol. The summed E-state index contributed by atoms with van der Waals surface area (Å²) in [6.45, 7) is 0. The average molecular weight is 426 g/mol. The fourth-order valence-electron chi connectivity index (χ4n) is 0. The smallest absolute Gasteiger partial charge is 0.0492 e. The van der Waals surface area contributed by atoms with E-state index in [1.54, 1.807) is 0 Å². The molecule has 0 saturated carbocycles. The van der Waals surface area contributed by atoms with Gasteiger partial charge in [-0.05, 0) is 77.0 Å². The van der Waals surface area contributed by atoms with Crippen molar-refractivity contribution < 1.29 is 0 Å². The van der Waals surface area contributed by atoms with Crippen LogP contribution in [0.4, 0.5) is 0 Å². The van der Waals surface area contributed by atoms with E-state index in [0.29, 0.717) is 0 Å². The molecule has 0 aromatic heterocycles. The highest BCUT2D eigenvalue weighted by atomic mass is 127. The Morgan fingerprint density at radius 1 is 1.20 bits per heavy atom. The largest absolute Gasteiger partial charge is 0.181 e. The Labute approximate surface area is 75.0 Å². The van der Waals surface area contributed by atoms with Gasteiger partial charge in [0, 0.05) is 0 Å². The van der Waals surface area contributed by atoms with Crippen molar-refractivity contribution in [1.82, 2.24) is 0 Å². The van der Waals surface area contributed by atoms with E-state index in [9.17, 15) is 0 Å². The van der Waals surface area contributed by atoms with Crippen LogP contribution in [-0.2, 0) is 0 Å². The summed E-state index contributed by atoms with van der Waals surface area (Å²) >= 11 is 10.9. The van der Waals surface area contributed by atoms with Crippen molar-refractivity contribution >= 4 is 77.0 Å². The van der Waals surface area contributed by atoms with Crippen molar-refractivity contribution in [2.24, 2.45) is 0 Å². The Bertz CT molecular complexity index is 23.1. The standard InChI is InChI=1S/CBr2I2/c2-1(3,4)5. The van der Waals surface area contributed by atoms with E-state index in [0.717, 1.165) is 0 Å². The van der Waals surface area contributed by atoms with Crippen LogP contribution in [0.3, 0.4) is 0 Å². The van der Waals surface area contributed by atoms with Crippen LogP contribution in [0.2, 0.25) is 0 Å². The second-order valence-corrected chi connectivity index (χ2v) is 15.1. The monoisotopic (exact) mass is 424 g/mol. The van der Waals surface area contributed by atoms with Crippen LogP contribution in [-0.4, -0.2) is -0.753 Å². The summed E-state index contributed by atoms with van der Waals surface area (Å²) in [4.78, 5) is 0. The Kier molecular flexibility index (Phi) is 3.95. The molecule has 0 rings (SSSR count). The second kappa shape index (κ2) is 2.66. The number of alkyl halides is 4. The van der Waals surface area contributed by atoms with E-state index in [2.05, 4.69) is 77.0 Å². The van der Waals surface area contributed by atoms with E-state index in [1.165, 1.54) is 0 Å². The highest BCUT2D eigenvalue weighted by Gasteiger charge is 2.07. The maximum Gasteiger partial charge on any atom is 0.181 e. The lowest BCUT2D eigenvalue weighted by atomic mass is 12.0. The summed E-state index contributed by atoms with van der Waals surface area (Å²) in [5, 5.41) is 0. The molecular formula is CBr2I2. The molecule has 0 fully saturated rings. The molecule has 0 bridgehead atoms. The van der Waals surface area contributed by atoms with Gasteiger partial charge in [-0.25, -0.2) is 0 Å². The van der Waals surface area contributed by atoms with E-state index in [4.69, 9.17) is 0 Å². The molecule has 0 amide bonds. The molecule has 0 heterocycles. The Morgan fingerprint density at radius 3 is 1.20 bits per heavy atom. The second-order valence-electron chi connectivity index (χ2n) is 0.429. The zero-order valence-electron chi connectivity index (χ0n) is 2.01. The summed E-state index contributed by atoms with van der Waals surface area (Å²) in [6, 6.07) is 0. The zero-order valence-corrected chi connectivity index (χ0v) is 9.50. The summed E-state index contributed by atoms with van der Waals surface area (Å²) in [5.41, 5.74) is 0. The van der Waals surface area contributed by atoms with Crippen LogP contribution in [0, 0.1) is 0 Å². The molecule has 0 radical (unpaired) electrons. The van der Waals surface area contributed by atoms with Crippen LogP contribution < -0.4 is 0 Å². The molecule has 4 heteroatoms. The molecule has 0 N–H and O–H groups in total. The minimum atomic E-state index is 0.0650. The molecular weight excluding hydrogens is 426 g/mol. The number of halogens is 4.